The highest BCUT2D eigenvalue weighted by atomic mass is 32.1. The Balaban J connectivity index is 1.97. The SMILES string of the molecule is CNC(c1ccc(-c2ccccc2C(F)(F)F)s1)C1CC1. The second-order valence-electron chi connectivity index (χ2n) is 5.35. The highest BCUT2D eigenvalue weighted by Gasteiger charge is 2.35. The maximum Gasteiger partial charge on any atom is 0.417 e. The zero-order valence-corrected chi connectivity index (χ0v) is 12.4. The highest BCUT2D eigenvalue weighted by molar-refractivity contribution is 7.15. The first-order chi connectivity index (χ1) is 10.0. The van der Waals surface area contributed by atoms with Crippen LogP contribution in [-0.2, 0) is 6.18 Å². The van der Waals surface area contributed by atoms with Crippen LogP contribution in [0.4, 0.5) is 13.2 Å². The minimum Gasteiger partial charge on any atom is -0.312 e. The minimum atomic E-state index is -4.32. The lowest BCUT2D eigenvalue weighted by atomic mass is 10.1. The summed E-state index contributed by atoms with van der Waals surface area (Å²) in [6.45, 7) is 0. The fourth-order valence-electron chi connectivity index (χ4n) is 2.65. The maximum atomic E-state index is 13.1. The van der Waals surface area contributed by atoms with E-state index in [0.717, 1.165) is 10.9 Å². The predicted octanol–water partition coefficient (Wildman–Crippen LogP) is 5.10. The molecule has 1 aromatic heterocycles. The second-order valence-corrected chi connectivity index (χ2v) is 6.46. The van der Waals surface area contributed by atoms with E-state index in [9.17, 15) is 13.2 Å². The Kier molecular flexibility index (Phi) is 3.80. The molecule has 1 unspecified atom stereocenters. The van der Waals surface area contributed by atoms with Gasteiger partial charge in [0.05, 0.1) is 5.56 Å². The van der Waals surface area contributed by atoms with Crippen LogP contribution in [0.5, 0.6) is 0 Å². The molecular formula is C16H16F3NS. The van der Waals surface area contributed by atoms with E-state index < -0.39 is 11.7 Å². The molecule has 2 aromatic rings. The summed E-state index contributed by atoms with van der Waals surface area (Å²) in [5.74, 6) is 0.624. The molecule has 0 radical (unpaired) electrons. The Labute approximate surface area is 125 Å². The fourth-order valence-corrected chi connectivity index (χ4v) is 3.90. The summed E-state index contributed by atoms with van der Waals surface area (Å²) in [6.07, 6.45) is -1.94. The molecule has 0 spiro atoms. The summed E-state index contributed by atoms with van der Waals surface area (Å²) in [7, 11) is 1.91. The molecule has 1 heterocycles. The van der Waals surface area contributed by atoms with Crippen LogP contribution in [-0.4, -0.2) is 7.05 Å². The van der Waals surface area contributed by atoms with Crippen molar-refractivity contribution in [1.29, 1.82) is 0 Å². The van der Waals surface area contributed by atoms with Crippen LogP contribution in [0.3, 0.4) is 0 Å². The molecule has 5 heteroatoms. The van der Waals surface area contributed by atoms with Gasteiger partial charge < -0.3 is 5.32 Å². The number of benzene rings is 1. The van der Waals surface area contributed by atoms with E-state index in [1.165, 1.54) is 30.2 Å². The average molecular weight is 311 g/mol. The molecule has 1 aliphatic carbocycles. The number of hydrogen-bond donors (Lipinski definition) is 1. The van der Waals surface area contributed by atoms with Crippen molar-refractivity contribution in [3.63, 3.8) is 0 Å². The van der Waals surface area contributed by atoms with E-state index in [2.05, 4.69) is 5.32 Å². The largest absolute Gasteiger partial charge is 0.417 e. The Bertz CT molecular complexity index is 628. The molecule has 1 aromatic carbocycles. The molecule has 1 aliphatic rings. The first-order valence-corrected chi connectivity index (χ1v) is 7.76. The first-order valence-electron chi connectivity index (χ1n) is 6.94. The second kappa shape index (κ2) is 5.46. The number of halogens is 3. The van der Waals surface area contributed by atoms with Gasteiger partial charge in [0.25, 0.3) is 0 Å². The lowest BCUT2D eigenvalue weighted by Gasteiger charge is -2.13. The smallest absolute Gasteiger partial charge is 0.312 e. The summed E-state index contributed by atoms with van der Waals surface area (Å²) >= 11 is 1.45. The van der Waals surface area contributed by atoms with Crippen LogP contribution in [0.1, 0.15) is 29.3 Å². The van der Waals surface area contributed by atoms with Gasteiger partial charge in [0.1, 0.15) is 0 Å². The molecule has 1 nitrogen and oxygen atoms in total. The monoisotopic (exact) mass is 311 g/mol. The van der Waals surface area contributed by atoms with Gasteiger partial charge in [0.2, 0.25) is 0 Å². The van der Waals surface area contributed by atoms with Crippen molar-refractivity contribution < 1.29 is 13.2 Å². The maximum absolute atomic E-state index is 13.1. The fraction of sp³-hybridized carbons (Fsp3) is 0.375. The van der Waals surface area contributed by atoms with E-state index in [1.807, 2.05) is 13.1 Å². The summed E-state index contributed by atoms with van der Waals surface area (Å²) in [6, 6.07) is 9.79. The summed E-state index contributed by atoms with van der Waals surface area (Å²) in [4.78, 5) is 1.80. The molecule has 1 fully saturated rings. The van der Waals surface area contributed by atoms with Gasteiger partial charge in [0.15, 0.2) is 0 Å². The third kappa shape index (κ3) is 2.99. The van der Waals surface area contributed by atoms with Gasteiger partial charge in [-0.05, 0) is 44.0 Å². The van der Waals surface area contributed by atoms with Crippen molar-refractivity contribution in [1.82, 2.24) is 5.32 Å². The zero-order chi connectivity index (χ0) is 15.0. The molecular weight excluding hydrogens is 295 g/mol. The molecule has 0 aliphatic heterocycles. The van der Waals surface area contributed by atoms with Crippen molar-refractivity contribution in [2.45, 2.75) is 25.1 Å². The van der Waals surface area contributed by atoms with Gasteiger partial charge in [-0.25, -0.2) is 0 Å². The summed E-state index contributed by atoms with van der Waals surface area (Å²) in [5, 5.41) is 3.28. The molecule has 1 saturated carbocycles. The van der Waals surface area contributed by atoms with Crippen LogP contribution < -0.4 is 5.32 Å². The van der Waals surface area contributed by atoms with Crippen LogP contribution in [0, 0.1) is 5.92 Å². The molecule has 21 heavy (non-hydrogen) atoms. The third-order valence-electron chi connectivity index (χ3n) is 3.84. The standard InChI is InChI=1S/C16H16F3NS/c1-20-15(10-6-7-10)14-9-8-13(21-14)11-4-2-3-5-12(11)16(17,18)19/h2-5,8-10,15,20H,6-7H2,1H3. The van der Waals surface area contributed by atoms with Gasteiger partial charge in [-0.1, -0.05) is 18.2 Å². The van der Waals surface area contributed by atoms with Gasteiger partial charge in [-0.2, -0.15) is 13.2 Å². The molecule has 0 saturated heterocycles. The van der Waals surface area contributed by atoms with E-state index in [1.54, 1.807) is 18.2 Å². The number of nitrogens with one attached hydrogen (secondary N) is 1. The highest BCUT2D eigenvalue weighted by Crippen LogP contribution is 2.45. The van der Waals surface area contributed by atoms with Gasteiger partial charge in [0, 0.05) is 21.4 Å². The van der Waals surface area contributed by atoms with Crippen LogP contribution in [0.2, 0.25) is 0 Å². The molecule has 0 bridgehead atoms. The lowest BCUT2D eigenvalue weighted by Crippen LogP contribution is -2.16. The number of rotatable bonds is 4. The third-order valence-corrected chi connectivity index (χ3v) is 5.04. The Morgan fingerprint density at radius 1 is 1.14 bits per heavy atom. The number of thiophene rings is 1. The van der Waals surface area contributed by atoms with E-state index >= 15 is 0 Å². The summed E-state index contributed by atoms with van der Waals surface area (Å²) < 4.78 is 39.3. The normalized spacial score (nSPS) is 17.0. The van der Waals surface area contributed by atoms with Crippen LogP contribution in [0.15, 0.2) is 36.4 Å². The van der Waals surface area contributed by atoms with E-state index in [-0.39, 0.29) is 11.6 Å². The van der Waals surface area contributed by atoms with Gasteiger partial charge in [-0.15, -0.1) is 11.3 Å². The Morgan fingerprint density at radius 2 is 1.86 bits per heavy atom. The Hall–Kier alpha value is -1.33. The quantitative estimate of drug-likeness (QED) is 0.828. The predicted molar refractivity (Wildman–Crippen MR) is 79.3 cm³/mol. The first kappa shape index (κ1) is 14.6. The number of alkyl halides is 3. The summed E-state index contributed by atoms with van der Waals surface area (Å²) in [5.41, 5.74) is -0.294. The van der Waals surface area contributed by atoms with Crippen LogP contribution >= 0.6 is 11.3 Å². The molecule has 112 valence electrons. The number of hydrogen-bond acceptors (Lipinski definition) is 2. The Morgan fingerprint density at radius 3 is 2.48 bits per heavy atom. The van der Waals surface area contributed by atoms with Gasteiger partial charge in [-0.3, -0.25) is 0 Å². The average Bonchev–Trinajstić information content (AvgIpc) is 3.16. The van der Waals surface area contributed by atoms with Crippen molar-refractivity contribution in [2.75, 3.05) is 7.05 Å². The molecule has 1 N–H and O–H groups in total. The van der Waals surface area contributed by atoms with Crippen molar-refractivity contribution in [3.8, 4) is 10.4 Å². The molecule has 1 atom stereocenters. The van der Waals surface area contributed by atoms with E-state index in [0.29, 0.717) is 10.8 Å². The lowest BCUT2D eigenvalue weighted by molar-refractivity contribution is -0.137. The zero-order valence-electron chi connectivity index (χ0n) is 11.6. The molecule has 0 amide bonds. The molecule has 3 rings (SSSR count). The minimum absolute atomic E-state index is 0.266. The van der Waals surface area contributed by atoms with Crippen molar-refractivity contribution in [2.24, 2.45) is 5.92 Å². The van der Waals surface area contributed by atoms with Crippen LogP contribution in [0.25, 0.3) is 10.4 Å². The topological polar surface area (TPSA) is 12.0 Å². The van der Waals surface area contributed by atoms with Crippen molar-refractivity contribution in [3.05, 3.63) is 46.8 Å². The van der Waals surface area contributed by atoms with Crippen molar-refractivity contribution >= 4 is 11.3 Å². The van der Waals surface area contributed by atoms with Gasteiger partial charge >= 0.3 is 6.18 Å². The van der Waals surface area contributed by atoms with E-state index in [4.69, 9.17) is 0 Å².